The van der Waals surface area contributed by atoms with E-state index in [2.05, 4.69) is 40.5 Å². The van der Waals surface area contributed by atoms with Crippen LogP contribution >= 0.6 is 11.6 Å². The number of nitrogens with zero attached hydrogens (tertiary/aromatic N) is 8. The van der Waals surface area contributed by atoms with Gasteiger partial charge in [0.15, 0.2) is 21.5 Å². The number of fused-ring (bicyclic) bond motifs is 19. The molecule has 6 heterocycles. The van der Waals surface area contributed by atoms with Gasteiger partial charge in [0.05, 0.1) is 26.8 Å². The Morgan fingerprint density at radius 2 is 1.32 bits per heavy atom. The summed E-state index contributed by atoms with van der Waals surface area (Å²) in [5.74, 6) is -1.33. The number of benzene rings is 5. The first kappa shape index (κ1) is 45.6. The van der Waals surface area contributed by atoms with Crippen LogP contribution in [0.1, 0.15) is 34.0 Å². The number of aromatic nitrogens is 5. The number of aliphatic imine (C=N–C) groups is 3. The van der Waals surface area contributed by atoms with E-state index in [1.165, 1.54) is 42.5 Å². The van der Waals surface area contributed by atoms with Crippen molar-refractivity contribution in [1.82, 2.24) is 30.2 Å². The zero-order chi connectivity index (χ0) is 49.9. The van der Waals surface area contributed by atoms with Gasteiger partial charge in [0.1, 0.15) is 44.4 Å². The number of halogens is 1. The predicted molar refractivity (Wildman–Crippen MR) is 257 cm³/mol. The molecule has 8 aromatic rings. The normalized spacial score (nSPS) is 15.5. The van der Waals surface area contributed by atoms with Crippen LogP contribution in [0.5, 0.6) is 0 Å². The average Bonchev–Trinajstić information content (AvgIpc) is 4.03. The summed E-state index contributed by atoms with van der Waals surface area (Å²) < 4.78 is 127. The molecule has 10 N–H and O–H groups in total. The maximum atomic E-state index is 14.9. The molecule has 0 amide bonds. The van der Waals surface area contributed by atoms with Gasteiger partial charge < -0.3 is 26.3 Å². The lowest BCUT2D eigenvalue weighted by atomic mass is 10.1. The SMILES string of the molecule is Nc1nc(Cl)nc(Nc2cc(CS(=O)(=O)c3cccc4c5[nH]c(c34)=NC3NC(=Nc4[nH]c(c6ccccc46)N=C4N=C(N=5)c5c4cccc5S(=O)(=O)O)c4c3cccc4S(N)(=O)=O)ccc2S(=O)(=O)O)n1. The van der Waals surface area contributed by atoms with E-state index in [1.54, 1.807) is 30.3 Å². The summed E-state index contributed by atoms with van der Waals surface area (Å²) in [7, 11) is -18.8. The van der Waals surface area contributed by atoms with Crippen molar-refractivity contribution in [2.24, 2.45) is 30.1 Å². The van der Waals surface area contributed by atoms with Crippen LogP contribution in [-0.4, -0.2) is 85.2 Å². The molecule has 3 aromatic heterocycles. The number of rotatable bonds is 8. The van der Waals surface area contributed by atoms with Crippen LogP contribution in [-0.2, 0) is 45.8 Å². The Bertz CT molecular complexity index is 4410. The molecule has 3 aliphatic heterocycles. The predicted octanol–water partition coefficient (Wildman–Crippen LogP) is 3.40. The van der Waals surface area contributed by atoms with Crippen molar-refractivity contribution >= 4 is 120 Å². The highest BCUT2D eigenvalue weighted by atomic mass is 35.5. The lowest BCUT2D eigenvalue weighted by Gasteiger charge is -2.12. The Morgan fingerprint density at radius 3 is 2.04 bits per heavy atom. The molecule has 0 radical (unpaired) electrons. The minimum Gasteiger partial charge on any atom is -0.368 e. The molecule has 11 rings (SSSR count). The Labute approximate surface area is 404 Å². The maximum Gasteiger partial charge on any atom is 0.296 e. The Morgan fingerprint density at radius 1 is 0.648 bits per heavy atom. The lowest BCUT2D eigenvalue weighted by molar-refractivity contribution is 0.481. The highest BCUT2D eigenvalue weighted by molar-refractivity contribution is 7.91. The number of nitrogens with one attached hydrogen (secondary N) is 4. The number of hydrogen-bond acceptors (Lipinski definition) is 19. The number of hydrogen-bond donors (Lipinski definition) is 8. The van der Waals surface area contributed by atoms with Gasteiger partial charge in [-0.2, -0.15) is 31.8 Å². The van der Waals surface area contributed by atoms with Crippen molar-refractivity contribution in [2.75, 3.05) is 11.1 Å². The van der Waals surface area contributed by atoms with E-state index >= 15 is 0 Å². The van der Waals surface area contributed by atoms with E-state index < -0.39 is 61.8 Å². The first-order valence-electron chi connectivity index (χ1n) is 20.4. The number of H-pyrrole nitrogens is 2. The molecule has 8 bridgehead atoms. The Balaban J connectivity index is 1.17. The second-order valence-corrected chi connectivity index (χ2v) is 22.5. The lowest BCUT2D eigenvalue weighted by Crippen LogP contribution is -2.23. The van der Waals surface area contributed by atoms with Gasteiger partial charge in [0.2, 0.25) is 27.2 Å². The third-order valence-electron chi connectivity index (χ3n) is 11.4. The van der Waals surface area contributed by atoms with Gasteiger partial charge in [-0.1, -0.05) is 66.7 Å². The molecule has 0 aliphatic carbocycles. The molecule has 1 atom stereocenters. The summed E-state index contributed by atoms with van der Waals surface area (Å²) in [6, 6.07) is 22.9. The number of amidine groups is 3. The molecular weight excluding hydrogens is 1020 g/mol. The molecule has 0 saturated heterocycles. The fraction of sp³-hybridized carbons (Fsp3) is 0.0476. The minimum absolute atomic E-state index is 0.00132. The zero-order valence-electron chi connectivity index (χ0n) is 35.4. The third-order valence-corrected chi connectivity index (χ3v) is 16.0. The van der Waals surface area contributed by atoms with Gasteiger partial charge in [-0.05, 0) is 47.5 Å². The van der Waals surface area contributed by atoms with Crippen LogP contribution in [0.25, 0.3) is 21.5 Å². The second-order valence-electron chi connectivity index (χ2n) is 15.9. The summed E-state index contributed by atoms with van der Waals surface area (Å²) >= 11 is 5.92. The van der Waals surface area contributed by atoms with Crippen LogP contribution in [0, 0.1) is 0 Å². The van der Waals surface area contributed by atoms with Crippen molar-refractivity contribution in [3.05, 3.63) is 141 Å². The summed E-state index contributed by atoms with van der Waals surface area (Å²) in [4.78, 5) is 39.8. The number of primary sulfonamides is 1. The van der Waals surface area contributed by atoms with E-state index in [0.29, 0.717) is 10.8 Å². The molecular formula is C42H29ClN14O10S4. The topological polar surface area (TPSA) is 385 Å². The number of anilines is 3. The highest BCUT2D eigenvalue weighted by Gasteiger charge is 2.35. The molecule has 71 heavy (non-hydrogen) atoms. The third kappa shape index (κ3) is 8.05. The standard InChI is InChI=1S/C42H29ClN14O10S4/c43-40-55-41(44)57-42(56-40)46-24-16-18(14-15-25(24)70(62,63)64)17-68(58,59)26-11-3-8-21-29(26)37-51-35(21)54-39-31-23(10-5-13-28(31)71(65,66)67)34(50-39)48-32-19-6-1-2-7-20(19)33(47-32)49-38-30-22(36(52-37)53-38)9-4-12-27(30)69(45,60)61/h1-16,36,47H,17H2,(H,49,53)(H2,45,60,61)(H,62,63,64)(H,65,66,67)(H3,44,46,55,56,57)(H,48,50,51,52,54). The number of sulfonamides is 1. The minimum atomic E-state index is -4.93. The van der Waals surface area contributed by atoms with Crippen LogP contribution in [0.2, 0.25) is 5.28 Å². The fourth-order valence-electron chi connectivity index (χ4n) is 8.54. The van der Waals surface area contributed by atoms with Crippen molar-refractivity contribution in [2.45, 2.75) is 31.5 Å². The largest absolute Gasteiger partial charge is 0.368 e. The number of nitrogens with two attached hydrogens (primary N) is 2. The Kier molecular flexibility index (Phi) is 10.3. The van der Waals surface area contributed by atoms with E-state index in [-0.39, 0.29) is 111 Å². The van der Waals surface area contributed by atoms with Crippen LogP contribution in [0.4, 0.5) is 29.2 Å². The summed E-state index contributed by atoms with van der Waals surface area (Å²) in [5.41, 5.74) is 5.50. The molecule has 0 spiro atoms. The fourth-order valence-corrected chi connectivity index (χ4v) is 12.4. The van der Waals surface area contributed by atoms with Crippen molar-refractivity contribution in [3.63, 3.8) is 0 Å². The second kappa shape index (κ2) is 16.1. The molecule has 358 valence electrons. The van der Waals surface area contributed by atoms with Crippen molar-refractivity contribution < 1.29 is 42.8 Å². The first-order valence-corrected chi connectivity index (χ1v) is 26.8. The molecule has 3 aliphatic rings. The van der Waals surface area contributed by atoms with Gasteiger partial charge in [0.25, 0.3) is 20.2 Å². The van der Waals surface area contributed by atoms with Gasteiger partial charge >= 0.3 is 0 Å². The van der Waals surface area contributed by atoms with Crippen LogP contribution in [0.15, 0.2) is 142 Å². The number of aromatic amines is 2. The van der Waals surface area contributed by atoms with Crippen molar-refractivity contribution in [3.8, 4) is 0 Å². The zero-order valence-corrected chi connectivity index (χ0v) is 39.4. The summed E-state index contributed by atoms with van der Waals surface area (Å²) in [6.45, 7) is 0. The van der Waals surface area contributed by atoms with E-state index in [9.17, 15) is 42.8 Å². The van der Waals surface area contributed by atoms with Gasteiger partial charge in [-0.3, -0.25) is 9.11 Å². The molecule has 5 aromatic carbocycles. The van der Waals surface area contributed by atoms with Gasteiger partial charge in [0, 0.05) is 38.2 Å². The van der Waals surface area contributed by atoms with Crippen molar-refractivity contribution in [1.29, 1.82) is 0 Å². The average molecular weight is 1050 g/mol. The van der Waals surface area contributed by atoms with Gasteiger partial charge in [-0.25, -0.2) is 46.9 Å². The Hall–Kier alpha value is -7.83. The summed E-state index contributed by atoms with van der Waals surface area (Å²) in [5, 5.41) is 12.3. The molecule has 0 saturated carbocycles. The molecule has 29 heteroatoms. The molecule has 24 nitrogen and oxygen atoms in total. The first-order chi connectivity index (χ1) is 33.6. The number of sulfone groups is 1. The monoisotopic (exact) mass is 1050 g/mol. The highest BCUT2D eigenvalue weighted by Crippen LogP contribution is 2.39. The quantitative estimate of drug-likeness (QED) is 0.101. The van der Waals surface area contributed by atoms with Crippen LogP contribution < -0.4 is 32.5 Å². The van der Waals surface area contributed by atoms with E-state index in [1.807, 2.05) is 0 Å². The summed E-state index contributed by atoms with van der Waals surface area (Å²) in [6.07, 6.45) is -1.19. The van der Waals surface area contributed by atoms with Gasteiger partial charge in [-0.15, -0.1) is 0 Å². The molecule has 1 unspecified atom stereocenters. The van der Waals surface area contributed by atoms with E-state index in [0.717, 1.165) is 24.3 Å². The smallest absolute Gasteiger partial charge is 0.296 e. The van der Waals surface area contributed by atoms with E-state index in [4.69, 9.17) is 42.4 Å². The molecule has 0 fully saturated rings. The maximum absolute atomic E-state index is 14.9. The number of nitrogen functional groups attached to an aromatic ring is 1. The van der Waals surface area contributed by atoms with Crippen LogP contribution in [0.3, 0.4) is 0 Å².